The van der Waals surface area contributed by atoms with Crippen molar-refractivity contribution in [3.63, 3.8) is 0 Å². The molecule has 0 saturated carbocycles. The number of urea groups is 1. The summed E-state index contributed by atoms with van der Waals surface area (Å²) in [5.74, 6) is -3.59. The number of benzene rings is 1. The minimum atomic E-state index is -1.35. The molecular formula is C18H18F3N3O2. The molecule has 2 amide bonds. The molecule has 1 saturated heterocycles. The minimum absolute atomic E-state index is 0.00981. The third-order valence-electron chi connectivity index (χ3n) is 4.16. The largest absolute Gasteiger partial charge is 0.372 e. The molecule has 1 fully saturated rings. The van der Waals surface area contributed by atoms with Crippen LogP contribution in [-0.2, 0) is 11.3 Å². The number of rotatable bonds is 4. The number of pyridine rings is 1. The number of likely N-dealkylation sites (tertiary alicyclic amines) is 1. The highest BCUT2D eigenvalue weighted by Crippen LogP contribution is 2.21. The van der Waals surface area contributed by atoms with Gasteiger partial charge in [-0.15, -0.1) is 0 Å². The van der Waals surface area contributed by atoms with Gasteiger partial charge in [0.2, 0.25) is 0 Å². The highest BCUT2D eigenvalue weighted by Gasteiger charge is 2.24. The highest BCUT2D eigenvalue weighted by atomic mass is 19.2. The van der Waals surface area contributed by atoms with Crippen molar-refractivity contribution in [3.8, 4) is 0 Å². The van der Waals surface area contributed by atoms with E-state index in [0.29, 0.717) is 38.6 Å². The topological polar surface area (TPSA) is 54.5 Å². The van der Waals surface area contributed by atoms with Crippen LogP contribution >= 0.6 is 0 Å². The van der Waals surface area contributed by atoms with E-state index < -0.39 is 29.2 Å². The maximum Gasteiger partial charge on any atom is 0.321 e. The van der Waals surface area contributed by atoms with Gasteiger partial charge in [0, 0.05) is 31.4 Å². The summed E-state index contributed by atoms with van der Waals surface area (Å²) in [7, 11) is 0. The average Bonchev–Trinajstić information content (AvgIpc) is 2.65. The third kappa shape index (κ3) is 4.51. The first-order valence-corrected chi connectivity index (χ1v) is 8.25. The van der Waals surface area contributed by atoms with Gasteiger partial charge in [0.1, 0.15) is 5.82 Å². The Labute approximate surface area is 148 Å². The third-order valence-corrected chi connectivity index (χ3v) is 4.16. The van der Waals surface area contributed by atoms with Crippen molar-refractivity contribution in [2.24, 2.45) is 0 Å². The van der Waals surface area contributed by atoms with Crippen LogP contribution in [0.2, 0.25) is 0 Å². The zero-order chi connectivity index (χ0) is 18.5. The number of carbonyl (C=O) groups excluding carboxylic acids is 1. The lowest BCUT2D eigenvalue weighted by molar-refractivity contribution is 0.00399. The molecule has 0 atom stereocenters. The zero-order valence-corrected chi connectivity index (χ0v) is 13.9. The maximum atomic E-state index is 13.6. The summed E-state index contributed by atoms with van der Waals surface area (Å²) in [6.45, 7) is 1.20. The fourth-order valence-electron chi connectivity index (χ4n) is 2.75. The van der Waals surface area contributed by atoms with Crippen LogP contribution in [-0.4, -0.2) is 35.1 Å². The highest BCUT2D eigenvalue weighted by molar-refractivity contribution is 5.89. The molecule has 2 aromatic rings. The van der Waals surface area contributed by atoms with E-state index in [1.165, 1.54) is 4.90 Å². The number of hydrogen-bond acceptors (Lipinski definition) is 3. The second-order valence-corrected chi connectivity index (χ2v) is 6.00. The van der Waals surface area contributed by atoms with Crippen LogP contribution in [0.1, 0.15) is 18.5 Å². The Kier molecular flexibility index (Phi) is 5.72. The first kappa shape index (κ1) is 18.2. The lowest BCUT2D eigenvalue weighted by Crippen LogP contribution is -2.43. The van der Waals surface area contributed by atoms with Crippen LogP contribution < -0.4 is 5.32 Å². The van der Waals surface area contributed by atoms with Crippen molar-refractivity contribution >= 4 is 11.7 Å². The molecule has 0 bridgehead atoms. The normalized spacial score (nSPS) is 15.1. The van der Waals surface area contributed by atoms with E-state index in [0.717, 1.165) is 11.8 Å². The number of nitrogens with zero attached hydrogens (tertiary/aromatic N) is 2. The monoisotopic (exact) mass is 365 g/mol. The summed E-state index contributed by atoms with van der Waals surface area (Å²) < 4.78 is 45.8. The summed E-state index contributed by atoms with van der Waals surface area (Å²) in [4.78, 5) is 17.8. The van der Waals surface area contributed by atoms with Gasteiger partial charge in [0.05, 0.1) is 24.1 Å². The Bertz CT molecular complexity index is 766. The standard InChI is InChI=1S/C18H18F3N3O2/c19-12-9-15(20)17(21)16(10-12)23-18(25)24-7-4-14(5-8-24)26-11-13-3-1-2-6-22-13/h1-3,6,9-10,14H,4-5,7-8,11H2,(H,23,25). The van der Waals surface area contributed by atoms with Crippen molar-refractivity contribution in [2.45, 2.75) is 25.6 Å². The van der Waals surface area contributed by atoms with Crippen LogP contribution in [0.3, 0.4) is 0 Å². The Morgan fingerprint density at radius 1 is 1.23 bits per heavy atom. The van der Waals surface area contributed by atoms with E-state index in [-0.39, 0.29) is 6.10 Å². The number of piperidine rings is 1. The van der Waals surface area contributed by atoms with Crippen molar-refractivity contribution < 1.29 is 22.7 Å². The quantitative estimate of drug-likeness (QED) is 0.841. The number of aromatic nitrogens is 1. The van der Waals surface area contributed by atoms with Gasteiger partial charge >= 0.3 is 6.03 Å². The summed E-state index contributed by atoms with van der Waals surface area (Å²) in [5.41, 5.74) is 0.317. The van der Waals surface area contributed by atoms with E-state index in [1.807, 2.05) is 18.2 Å². The summed E-state index contributed by atoms with van der Waals surface area (Å²) in [6, 6.07) is 6.15. The van der Waals surface area contributed by atoms with Crippen LogP contribution in [0.25, 0.3) is 0 Å². The van der Waals surface area contributed by atoms with Crippen LogP contribution in [0.4, 0.5) is 23.7 Å². The second kappa shape index (κ2) is 8.18. The molecule has 5 nitrogen and oxygen atoms in total. The number of anilines is 1. The second-order valence-electron chi connectivity index (χ2n) is 6.00. The molecule has 3 rings (SSSR count). The van der Waals surface area contributed by atoms with Crippen LogP contribution in [0.5, 0.6) is 0 Å². The van der Waals surface area contributed by atoms with E-state index >= 15 is 0 Å². The molecule has 1 aliphatic heterocycles. The van der Waals surface area contributed by atoms with Crippen molar-refractivity contribution in [1.29, 1.82) is 0 Å². The Morgan fingerprint density at radius 2 is 2.00 bits per heavy atom. The molecule has 138 valence electrons. The predicted octanol–water partition coefficient (Wildman–Crippen LogP) is 3.71. The lowest BCUT2D eigenvalue weighted by atomic mass is 10.1. The molecule has 2 heterocycles. The van der Waals surface area contributed by atoms with Crippen molar-refractivity contribution in [3.05, 3.63) is 59.7 Å². The average molecular weight is 365 g/mol. The number of nitrogens with one attached hydrogen (secondary N) is 1. The van der Waals surface area contributed by atoms with Gasteiger partial charge in [-0.1, -0.05) is 6.07 Å². The zero-order valence-electron chi connectivity index (χ0n) is 13.9. The smallest absolute Gasteiger partial charge is 0.321 e. The van der Waals surface area contributed by atoms with Crippen molar-refractivity contribution in [2.75, 3.05) is 18.4 Å². The van der Waals surface area contributed by atoms with Gasteiger partial charge in [0.15, 0.2) is 11.6 Å². The molecule has 1 N–H and O–H groups in total. The molecule has 1 aliphatic rings. The van der Waals surface area contributed by atoms with Gasteiger partial charge in [0.25, 0.3) is 0 Å². The predicted molar refractivity (Wildman–Crippen MR) is 89.0 cm³/mol. The molecule has 0 spiro atoms. The lowest BCUT2D eigenvalue weighted by Gasteiger charge is -2.32. The molecule has 1 aromatic heterocycles. The first-order chi connectivity index (χ1) is 12.5. The van der Waals surface area contributed by atoms with Crippen LogP contribution in [0, 0.1) is 17.5 Å². The van der Waals surface area contributed by atoms with Gasteiger partial charge in [-0.3, -0.25) is 4.98 Å². The fraction of sp³-hybridized carbons (Fsp3) is 0.333. The van der Waals surface area contributed by atoms with Gasteiger partial charge in [-0.25, -0.2) is 18.0 Å². The molecule has 0 unspecified atom stereocenters. The molecular weight excluding hydrogens is 347 g/mol. The van der Waals surface area contributed by atoms with Crippen molar-refractivity contribution in [1.82, 2.24) is 9.88 Å². The summed E-state index contributed by atoms with van der Waals surface area (Å²) in [5, 5.41) is 2.22. The fourth-order valence-corrected chi connectivity index (χ4v) is 2.75. The van der Waals surface area contributed by atoms with E-state index in [1.54, 1.807) is 6.20 Å². The summed E-state index contributed by atoms with van der Waals surface area (Å²) >= 11 is 0. The van der Waals surface area contributed by atoms with Gasteiger partial charge in [-0.05, 0) is 25.0 Å². The maximum absolute atomic E-state index is 13.6. The van der Waals surface area contributed by atoms with Gasteiger partial charge < -0.3 is 15.0 Å². The van der Waals surface area contributed by atoms with E-state index in [4.69, 9.17) is 4.74 Å². The SMILES string of the molecule is O=C(Nc1cc(F)cc(F)c1F)N1CCC(OCc2ccccn2)CC1. The molecule has 26 heavy (non-hydrogen) atoms. The molecule has 8 heteroatoms. The van der Waals surface area contributed by atoms with E-state index in [2.05, 4.69) is 10.3 Å². The summed E-state index contributed by atoms with van der Waals surface area (Å²) in [6.07, 6.45) is 2.91. The molecule has 0 aliphatic carbocycles. The minimum Gasteiger partial charge on any atom is -0.372 e. The molecule has 0 radical (unpaired) electrons. The number of carbonyl (C=O) groups is 1. The Morgan fingerprint density at radius 3 is 2.69 bits per heavy atom. The first-order valence-electron chi connectivity index (χ1n) is 8.25. The van der Waals surface area contributed by atoms with Gasteiger partial charge in [-0.2, -0.15) is 0 Å². The van der Waals surface area contributed by atoms with E-state index in [9.17, 15) is 18.0 Å². The number of halogens is 3. The number of hydrogen-bond donors (Lipinski definition) is 1. The Hall–Kier alpha value is -2.61. The van der Waals surface area contributed by atoms with Crippen LogP contribution in [0.15, 0.2) is 36.5 Å². The Balaban J connectivity index is 1.49. The number of ether oxygens (including phenoxy) is 1. The number of amides is 2. The molecule has 1 aromatic carbocycles.